The van der Waals surface area contributed by atoms with Crippen LogP contribution in [-0.2, 0) is 4.99 Å². The van der Waals surface area contributed by atoms with Gasteiger partial charge >= 0.3 is 11.9 Å². The second-order valence-corrected chi connectivity index (χ2v) is 8.28. The van der Waals surface area contributed by atoms with Crippen LogP contribution in [0, 0.1) is 0 Å². The molecule has 0 bridgehead atoms. The van der Waals surface area contributed by atoms with E-state index in [1.54, 1.807) is 30.3 Å². The Kier molecular flexibility index (Phi) is 9.19. The number of pyridine rings is 1. The quantitative estimate of drug-likeness (QED) is 0.118. The van der Waals surface area contributed by atoms with E-state index in [-0.39, 0.29) is 34.1 Å². The normalized spacial score (nSPS) is 10.3. The van der Waals surface area contributed by atoms with Crippen molar-refractivity contribution >= 4 is 23.8 Å². The summed E-state index contributed by atoms with van der Waals surface area (Å²) in [6, 6.07) is 17.9. The zero-order valence-corrected chi connectivity index (χ0v) is 22.0. The van der Waals surface area contributed by atoms with Gasteiger partial charge in [-0.3, -0.25) is 9.59 Å². The lowest BCUT2D eigenvalue weighted by Gasteiger charge is -2.14. The number of methoxy groups -OCH3 is 1. The largest absolute Gasteiger partial charge is 0.508 e. The molecule has 0 atom stereocenters. The van der Waals surface area contributed by atoms with Crippen LogP contribution in [0.15, 0.2) is 78.9 Å². The molecule has 1 aromatic heterocycles. The molecular weight excluding hydrogens is 570 g/mol. The Balaban J connectivity index is 1.52. The monoisotopic (exact) mass is 591 g/mol. The average Bonchev–Trinajstić information content (AvgIpc) is 3.00. The second kappa shape index (κ2) is 13.3. The van der Waals surface area contributed by atoms with Crippen molar-refractivity contribution in [1.29, 1.82) is 0 Å². The molecule has 0 saturated heterocycles. The van der Waals surface area contributed by atoms with Crippen LogP contribution in [-0.4, -0.2) is 51.2 Å². The Bertz CT molecular complexity index is 1650. The molecule has 3 aromatic carbocycles. The average molecular weight is 591 g/mol. The van der Waals surface area contributed by atoms with Gasteiger partial charge in [0, 0.05) is 12.1 Å². The van der Waals surface area contributed by atoms with Crippen LogP contribution in [0.1, 0.15) is 41.6 Å². The molecule has 0 aliphatic carbocycles. The van der Waals surface area contributed by atoms with Gasteiger partial charge in [-0.2, -0.15) is 11.0 Å². The third kappa shape index (κ3) is 7.65. The molecule has 4 rings (SSSR count). The maximum absolute atomic E-state index is 13.1. The van der Waals surface area contributed by atoms with E-state index >= 15 is 0 Å². The summed E-state index contributed by atoms with van der Waals surface area (Å²) in [6.07, 6.45) is 0. The number of rotatable bonds is 12. The molecule has 1 heterocycles. The first-order chi connectivity index (χ1) is 20.6. The fraction of sp³-hybridized carbons (Fsp3) is 0.0357. The van der Waals surface area contributed by atoms with Crippen molar-refractivity contribution in [1.82, 2.24) is 15.9 Å². The molecule has 0 aliphatic rings. The first-order valence-electron chi connectivity index (χ1n) is 12.0. The summed E-state index contributed by atoms with van der Waals surface area (Å²) in [6.45, 7) is 0. The predicted molar refractivity (Wildman–Crippen MR) is 143 cm³/mol. The summed E-state index contributed by atoms with van der Waals surface area (Å²) in [7, 11) is 1.33. The van der Waals surface area contributed by atoms with Gasteiger partial charge in [0.2, 0.25) is 5.88 Å². The summed E-state index contributed by atoms with van der Waals surface area (Å²) in [5.74, 6) is -4.98. The fourth-order valence-electron chi connectivity index (χ4n) is 3.42. The van der Waals surface area contributed by atoms with E-state index in [9.17, 15) is 34.5 Å². The minimum Gasteiger partial charge on any atom is -0.508 e. The van der Waals surface area contributed by atoms with Gasteiger partial charge in [-0.05, 0) is 48.5 Å². The fourth-order valence-corrected chi connectivity index (χ4v) is 3.42. The number of hydroxylamine groups is 2. The highest BCUT2D eigenvalue weighted by atomic mass is 17.3. The molecule has 0 radical (unpaired) electrons. The minimum atomic E-state index is -1.52. The number of aromatic nitrogens is 1. The molecule has 220 valence electrons. The van der Waals surface area contributed by atoms with Crippen LogP contribution in [0.5, 0.6) is 34.6 Å². The maximum atomic E-state index is 13.1. The van der Waals surface area contributed by atoms with Crippen molar-refractivity contribution in [2.45, 2.75) is 0 Å². The van der Waals surface area contributed by atoms with Crippen molar-refractivity contribution in [2.24, 2.45) is 0 Å². The van der Waals surface area contributed by atoms with Crippen LogP contribution in [0.2, 0.25) is 0 Å². The molecule has 0 spiro atoms. The summed E-state index contributed by atoms with van der Waals surface area (Å²) >= 11 is 0. The highest BCUT2D eigenvalue weighted by Gasteiger charge is 2.19. The number of carboxylic acid groups (broad SMARTS) is 2. The van der Waals surface area contributed by atoms with E-state index < -0.39 is 40.9 Å². The number of aromatic hydroxyl groups is 1. The Morgan fingerprint density at radius 3 is 2.14 bits per heavy atom. The van der Waals surface area contributed by atoms with Gasteiger partial charge in [0.1, 0.15) is 23.0 Å². The molecule has 15 heteroatoms. The first kappa shape index (κ1) is 29.6. The van der Waals surface area contributed by atoms with Crippen LogP contribution in [0.3, 0.4) is 0 Å². The smallest absolute Gasteiger partial charge is 0.354 e. The number of hydrogen-bond acceptors (Lipinski definition) is 11. The number of aromatic carboxylic acids is 2. The maximum Gasteiger partial charge on any atom is 0.354 e. The molecule has 2 amide bonds. The number of hydrogen-bond donors (Lipinski definition) is 5. The van der Waals surface area contributed by atoms with E-state index in [0.717, 1.165) is 18.2 Å². The molecule has 0 aliphatic heterocycles. The number of carbonyl (C=O) groups is 4. The number of nitrogens with one attached hydrogen (secondary N) is 2. The first-order valence-corrected chi connectivity index (χ1v) is 12.0. The molecule has 15 nitrogen and oxygen atoms in total. The highest BCUT2D eigenvalue weighted by molar-refractivity contribution is 5.97. The van der Waals surface area contributed by atoms with Crippen molar-refractivity contribution in [3.8, 4) is 34.6 Å². The van der Waals surface area contributed by atoms with Crippen LogP contribution in [0.25, 0.3) is 0 Å². The zero-order valence-electron chi connectivity index (χ0n) is 22.0. The zero-order chi connectivity index (χ0) is 30.9. The van der Waals surface area contributed by atoms with E-state index in [4.69, 9.17) is 24.2 Å². The number of carboxylic acids is 2. The molecule has 0 fully saturated rings. The summed E-state index contributed by atoms with van der Waals surface area (Å²) in [4.78, 5) is 66.9. The van der Waals surface area contributed by atoms with E-state index in [1.807, 2.05) is 11.0 Å². The Hall–Kier alpha value is -6.35. The van der Waals surface area contributed by atoms with Crippen LogP contribution >= 0.6 is 0 Å². The van der Waals surface area contributed by atoms with Crippen molar-refractivity contribution in [2.75, 3.05) is 7.11 Å². The molecule has 0 unspecified atom stereocenters. The van der Waals surface area contributed by atoms with Gasteiger partial charge in [-0.25, -0.2) is 14.6 Å². The molecular formula is C28H21N3O12. The number of nitrogens with zero attached hydrogens (tertiary/aromatic N) is 1. The SMILES string of the molecule is COc1ccc(O)cc1C(=O)NOOc1ccc(Oc2ccccc2)c(C(=O)NOc2cc(C(=O)O)cc(C(=O)O)n2)c1. The van der Waals surface area contributed by atoms with E-state index in [2.05, 4.69) is 4.98 Å². The van der Waals surface area contributed by atoms with Gasteiger partial charge < -0.3 is 34.5 Å². The molecule has 0 saturated carbocycles. The van der Waals surface area contributed by atoms with Gasteiger partial charge in [0.15, 0.2) is 11.4 Å². The number of amides is 2. The number of ether oxygens (including phenoxy) is 2. The summed E-state index contributed by atoms with van der Waals surface area (Å²) in [5.41, 5.74) is 2.75. The van der Waals surface area contributed by atoms with Crippen molar-refractivity contribution in [3.63, 3.8) is 0 Å². The number of para-hydroxylation sites is 1. The van der Waals surface area contributed by atoms with Crippen LogP contribution < -0.4 is 30.2 Å². The second-order valence-electron chi connectivity index (χ2n) is 8.28. The number of phenolic OH excluding ortho intramolecular Hbond substituents is 1. The van der Waals surface area contributed by atoms with Gasteiger partial charge in [0.05, 0.1) is 23.8 Å². The van der Waals surface area contributed by atoms with E-state index in [0.29, 0.717) is 5.75 Å². The van der Waals surface area contributed by atoms with E-state index in [1.165, 1.54) is 37.4 Å². The summed E-state index contributed by atoms with van der Waals surface area (Å²) < 4.78 is 10.9. The topological polar surface area (TPSA) is 212 Å². The number of phenols is 1. The number of carbonyl (C=O) groups excluding carboxylic acids is 2. The lowest BCUT2D eigenvalue weighted by Crippen LogP contribution is -2.28. The van der Waals surface area contributed by atoms with Gasteiger partial charge in [-0.1, -0.05) is 23.2 Å². The molecule has 5 N–H and O–H groups in total. The number of benzene rings is 3. The Labute approximate surface area is 241 Å². The standard InChI is InChI=1S/C28H21N3O12/c1-39-22-9-7-16(32)13-19(22)26(34)31-43-42-18-8-10-23(40-17-5-3-2-4-6-17)20(14-18)25(33)30-41-24-12-15(27(35)36)11-21(29-24)28(37)38/h2-14,32H,1H3,(H,30,33)(H,31,34)(H,35,36)(H,37,38). The Morgan fingerprint density at radius 2 is 1.44 bits per heavy atom. The van der Waals surface area contributed by atoms with Crippen LogP contribution in [0.4, 0.5) is 0 Å². The third-order valence-corrected chi connectivity index (χ3v) is 5.38. The summed E-state index contributed by atoms with van der Waals surface area (Å²) in [5, 5.41) is 28.1. The Morgan fingerprint density at radius 1 is 0.744 bits per heavy atom. The van der Waals surface area contributed by atoms with Gasteiger partial charge in [-0.15, -0.1) is 0 Å². The lowest BCUT2D eigenvalue weighted by atomic mass is 10.2. The van der Waals surface area contributed by atoms with Crippen molar-refractivity contribution in [3.05, 3.63) is 101 Å². The van der Waals surface area contributed by atoms with Gasteiger partial charge in [0.25, 0.3) is 11.8 Å². The highest BCUT2D eigenvalue weighted by Crippen LogP contribution is 2.29. The molecule has 43 heavy (non-hydrogen) atoms. The lowest BCUT2D eigenvalue weighted by molar-refractivity contribution is -0.243. The third-order valence-electron chi connectivity index (χ3n) is 5.38. The predicted octanol–water partition coefficient (Wildman–Crippen LogP) is 3.36. The minimum absolute atomic E-state index is 0.0200. The molecule has 4 aromatic rings. The van der Waals surface area contributed by atoms with Crippen molar-refractivity contribution < 1.29 is 58.7 Å².